The maximum Gasteiger partial charge on any atom is 0.283 e. The Morgan fingerprint density at radius 1 is 1.18 bits per heavy atom. The number of hydrogen-bond acceptors (Lipinski definition) is 6. The number of aromatic nitrogens is 3. The van der Waals surface area contributed by atoms with Crippen LogP contribution >= 0.6 is 11.8 Å². The number of carbonyl (C=O) groups is 2. The van der Waals surface area contributed by atoms with E-state index >= 15 is 0 Å². The van der Waals surface area contributed by atoms with Gasteiger partial charge in [0.2, 0.25) is 5.91 Å². The molecule has 1 unspecified atom stereocenters. The summed E-state index contributed by atoms with van der Waals surface area (Å²) in [7, 11) is 4.70. The summed E-state index contributed by atoms with van der Waals surface area (Å²) in [4.78, 5) is 48.3. The molecule has 33 heavy (non-hydrogen) atoms. The van der Waals surface area contributed by atoms with Crippen molar-refractivity contribution < 1.29 is 14.3 Å². The van der Waals surface area contributed by atoms with Crippen LogP contribution in [0.3, 0.4) is 0 Å². The zero-order chi connectivity index (χ0) is 23.9. The molecule has 170 valence electrons. The summed E-state index contributed by atoms with van der Waals surface area (Å²) in [6, 6.07) is 13.0. The maximum absolute atomic E-state index is 13.8. The van der Waals surface area contributed by atoms with Gasteiger partial charge in [0.15, 0.2) is 10.9 Å². The van der Waals surface area contributed by atoms with E-state index in [0.717, 1.165) is 28.2 Å². The predicted octanol–water partition coefficient (Wildman–Crippen LogP) is 3.32. The molecule has 2 aromatic carbocycles. The fourth-order valence-electron chi connectivity index (χ4n) is 3.66. The van der Waals surface area contributed by atoms with E-state index in [1.54, 1.807) is 20.2 Å². The summed E-state index contributed by atoms with van der Waals surface area (Å²) in [5.74, 6) is -0.224. The highest BCUT2D eigenvalue weighted by Crippen LogP contribution is 2.32. The van der Waals surface area contributed by atoms with Crippen molar-refractivity contribution in [2.45, 2.75) is 24.3 Å². The molecule has 4 aromatic rings. The van der Waals surface area contributed by atoms with Crippen LogP contribution in [-0.2, 0) is 9.59 Å². The largest absolute Gasteiger partial charge is 0.495 e. The van der Waals surface area contributed by atoms with Crippen molar-refractivity contribution >= 4 is 45.4 Å². The lowest BCUT2D eigenvalue weighted by Crippen LogP contribution is -2.36. The highest BCUT2D eigenvalue weighted by atomic mass is 32.2. The highest BCUT2D eigenvalue weighted by molar-refractivity contribution is 8.01. The number of amides is 1. The number of hydrogen-bond donors (Lipinski definition) is 1. The van der Waals surface area contributed by atoms with Gasteiger partial charge in [0.05, 0.1) is 12.8 Å². The minimum absolute atomic E-state index is 0.233. The van der Waals surface area contributed by atoms with Crippen LogP contribution in [0.4, 0.5) is 0 Å². The van der Waals surface area contributed by atoms with Crippen molar-refractivity contribution in [3.8, 4) is 11.4 Å². The van der Waals surface area contributed by atoms with E-state index in [2.05, 4.69) is 4.98 Å². The number of Topliss-reactive ketones (excluding diaryl/α,β-unsaturated/α-hetero) is 1. The van der Waals surface area contributed by atoms with Gasteiger partial charge in [-0.1, -0.05) is 36.0 Å². The van der Waals surface area contributed by atoms with E-state index in [1.165, 1.54) is 23.5 Å². The molecule has 0 saturated carbocycles. The van der Waals surface area contributed by atoms with E-state index in [9.17, 15) is 14.4 Å². The topological polar surface area (TPSA) is 97.3 Å². The SMILES string of the molecule is COc1ccc(C)cc1-n1c(SC(C(C)=O)C(=O)N(C)C)nc2c([nH]c3ccccc32)c1=O. The second-order valence-corrected chi connectivity index (χ2v) is 9.02. The lowest BCUT2D eigenvalue weighted by molar-refractivity contribution is -0.132. The number of rotatable bonds is 6. The van der Waals surface area contributed by atoms with Gasteiger partial charge in [-0.25, -0.2) is 9.55 Å². The number of thioether (sulfide) groups is 1. The number of ketones is 1. The van der Waals surface area contributed by atoms with Crippen molar-refractivity contribution in [3.05, 3.63) is 58.4 Å². The van der Waals surface area contributed by atoms with Gasteiger partial charge in [0.25, 0.3) is 5.56 Å². The first-order chi connectivity index (χ1) is 15.7. The molecule has 9 heteroatoms. The van der Waals surface area contributed by atoms with Crippen molar-refractivity contribution in [2.24, 2.45) is 0 Å². The summed E-state index contributed by atoms with van der Waals surface area (Å²) >= 11 is 0.962. The van der Waals surface area contributed by atoms with Crippen molar-refractivity contribution in [1.82, 2.24) is 19.4 Å². The van der Waals surface area contributed by atoms with Crippen molar-refractivity contribution in [3.63, 3.8) is 0 Å². The third-order valence-electron chi connectivity index (χ3n) is 5.33. The first-order valence-electron chi connectivity index (χ1n) is 10.3. The number of fused-ring (bicyclic) bond motifs is 3. The quantitative estimate of drug-likeness (QED) is 0.267. The van der Waals surface area contributed by atoms with Gasteiger partial charge in [-0.3, -0.25) is 14.4 Å². The number of nitrogens with zero attached hydrogens (tertiary/aromatic N) is 3. The lowest BCUT2D eigenvalue weighted by Gasteiger charge is -2.20. The number of methoxy groups -OCH3 is 1. The third kappa shape index (κ3) is 4.00. The van der Waals surface area contributed by atoms with Crippen LogP contribution in [-0.4, -0.2) is 57.6 Å². The molecule has 1 atom stereocenters. The Kier molecular flexibility index (Phi) is 5.99. The normalized spacial score (nSPS) is 12.2. The van der Waals surface area contributed by atoms with Gasteiger partial charge in [-0.05, 0) is 37.6 Å². The number of aromatic amines is 1. The van der Waals surface area contributed by atoms with E-state index in [-0.39, 0.29) is 22.4 Å². The molecular weight excluding hydrogens is 440 g/mol. The first-order valence-corrected chi connectivity index (χ1v) is 11.2. The highest BCUT2D eigenvalue weighted by Gasteiger charge is 2.30. The number of para-hydroxylation sites is 1. The second kappa shape index (κ2) is 8.74. The molecule has 1 amide bonds. The zero-order valence-electron chi connectivity index (χ0n) is 19.0. The van der Waals surface area contributed by atoms with Gasteiger partial charge in [0, 0.05) is 25.0 Å². The molecule has 0 spiro atoms. The molecular formula is C24H24N4O4S. The van der Waals surface area contributed by atoms with Crippen LogP contribution in [0.5, 0.6) is 5.75 Å². The molecule has 4 rings (SSSR count). The van der Waals surface area contributed by atoms with Gasteiger partial charge < -0.3 is 14.6 Å². The Morgan fingerprint density at radius 2 is 1.91 bits per heavy atom. The Morgan fingerprint density at radius 3 is 2.58 bits per heavy atom. The third-order valence-corrected chi connectivity index (χ3v) is 6.58. The molecule has 0 aliphatic carbocycles. The first kappa shape index (κ1) is 22.6. The molecule has 8 nitrogen and oxygen atoms in total. The molecule has 0 fully saturated rings. The number of benzene rings is 2. The summed E-state index contributed by atoms with van der Waals surface area (Å²) in [5.41, 5.74) is 2.65. The second-order valence-electron chi connectivity index (χ2n) is 7.95. The lowest BCUT2D eigenvalue weighted by atomic mass is 10.2. The van der Waals surface area contributed by atoms with E-state index in [4.69, 9.17) is 9.72 Å². The number of H-pyrrole nitrogens is 1. The molecule has 0 bridgehead atoms. The molecule has 2 aromatic heterocycles. The molecule has 0 aliphatic rings. The summed E-state index contributed by atoms with van der Waals surface area (Å²) in [5, 5.41) is -0.0266. The van der Waals surface area contributed by atoms with Crippen molar-refractivity contribution in [2.75, 3.05) is 21.2 Å². The molecule has 1 N–H and O–H groups in total. The van der Waals surface area contributed by atoms with Gasteiger partial charge in [0.1, 0.15) is 22.0 Å². The van der Waals surface area contributed by atoms with Crippen molar-refractivity contribution in [1.29, 1.82) is 0 Å². The van der Waals surface area contributed by atoms with Gasteiger partial charge >= 0.3 is 0 Å². The summed E-state index contributed by atoms with van der Waals surface area (Å²) < 4.78 is 6.93. The minimum Gasteiger partial charge on any atom is -0.495 e. The van der Waals surface area contributed by atoms with Crippen LogP contribution in [0, 0.1) is 6.92 Å². The number of aryl methyl sites for hydroxylation is 1. The van der Waals surface area contributed by atoms with Gasteiger partial charge in [-0.15, -0.1) is 0 Å². The number of nitrogens with one attached hydrogen (secondary N) is 1. The fourth-order valence-corrected chi connectivity index (χ4v) is 4.77. The van der Waals surface area contributed by atoms with Crippen LogP contribution < -0.4 is 10.3 Å². The molecule has 2 heterocycles. The molecule has 0 radical (unpaired) electrons. The minimum atomic E-state index is -1.04. The summed E-state index contributed by atoms with van der Waals surface area (Å²) in [6.07, 6.45) is 0. The fraction of sp³-hybridized carbons (Fsp3) is 0.250. The average Bonchev–Trinajstić information content (AvgIpc) is 3.16. The van der Waals surface area contributed by atoms with Gasteiger partial charge in [-0.2, -0.15) is 0 Å². The van der Waals surface area contributed by atoms with Crippen LogP contribution in [0.2, 0.25) is 0 Å². The monoisotopic (exact) mass is 464 g/mol. The maximum atomic E-state index is 13.8. The predicted molar refractivity (Wildman–Crippen MR) is 130 cm³/mol. The van der Waals surface area contributed by atoms with E-state index < -0.39 is 5.25 Å². The van der Waals surface area contributed by atoms with Crippen LogP contribution in [0.15, 0.2) is 52.4 Å². The Labute approximate surface area is 194 Å². The zero-order valence-corrected chi connectivity index (χ0v) is 19.8. The number of carbonyl (C=O) groups excluding carboxylic acids is 2. The Bertz CT molecular complexity index is 1450. The summed E-state index contributed by atoms with van der Waals surface area (Å²) in [6.45, 7) is 3.27. The Balaban J connectivity index is 2.07. The Hall–Kier alpha value is -3.59. The number of ether oxygens (including phenoxy) is 1. The van der Waals surface area contributed by atoms with E-state index in [1.807, 2.05) is 43.3 Å². The molecule has 0 aliphatic heterocycles. The smallest absolute Gasteiger partial charge is 0.283 e. The van der Waals surface area contributed by atoms with Crippen LogP contribution in [0.1, 0.15) is 12.5 Å². The standard InChI is InChI=1S/C24H24N4O4S/c1-13-10-11-18(32-5)17(12-13)28-22(30)20-19(15-8-6-7-9-16(15)25-20)26-24(28)33-21(14(2)29)23(31)27(3)4/h6-12,21,25H,1-5H3. The van der Waals surface area contributed by atoms with Crippen LogP contribution in [0.25, 0.3) is 27.6 Å². The molecule has 0 saturated heterocycles. The average molecular weight is 465 g/mol. The van der Waals surface area contributed by atoms with E-state index in [0.29, 0.717) is 22.5 Å².